The van der Waals surface area contributed by atoms with Crippen LogP contribution in [0.15, 0.2) is 30.3 Å². The normalized spacial score (nSPS) is 20.6. The summed E-state index contributed by atoms with van der Waals surface area (Å²) in [6.45, 7) is 2.90. The molecule has 0 spiro atoms. The summed E-state index contributed by atoms with van der Waals surface area (Å²) in [5.74, 6) is -0.435. The van der Waals surface area contributed by atoms with Gasteiger partial charge in [0.1, 0.15) is 5.69 Å². The molecule has 1 aromatic heterocycles. The van der Waals surface area contributed by atoms with Crippen molar-refractivity contribution in [3.63, 3.8) is 0 Å². The third kappa shape index (κ3) is 3.22. The Morgan fingerprint density at radius 1 is 1.17 bits per heavy atom. The van der Waals surface area contributed by atoms with E-state index >= 15 is 0 Å². The number of fused-ring (bicyclic) bond motifs is 2. The Morgan fingerprint density at radius 3 is 2.70 bits per heavy atom. The Balaban J connectivity index is 2.00. The minimum absolute atomic E-state index is 0.0275. The molecule has 30 heavy (non-hydrogen) atoms. The van der Waals surface area contributed by atoms with Crippen LogP contribution in [0, 0.1) is 0 Å². The minimum Gasteiger partial charge on any atom is -0.464 e. The number of rotatable bonds is 5. The smallest absolute Gasteiger partial charge is 0.354 e. The number of nitrogens with zero attached hydrogens (tertiary/aromatic N) is 2. The van der Waals surface area contributed by atoms with E-state index in [4.69, 9.17) is 14.3 Å². The molecule has 0 radical (unpaired) electrons. The summed E-state index contributed by atoms with van der Waals surface area (Å²) >= 11 is 0. The highest BCUT2D eigenvalue weighted by Gasteiger charge is 2.42. The second kappa shape index (κ2) is 8.24. The number of ether oxygens (including phenoxy) is 2. The quantitative estimate of drug-likeness (QED) is 0.547. The molecule has 1 amide bonds. The Bertz CT molecular complexity index is 966. The maximum absolute atomic E-state index is 13.2. The summed E-state index contributed by atoms with van der Waals surface area (Å²) in [6, 6.07) is 9.58. The lowest BCUT2D eigenvalue weighted by atomic mass is 9.70. The lowest BCUT2D eigenvalue weighted by Crippen LogP contribution is -2.36. The third-order valence-electron chi connectivity index (χ3n) is 6.46. The van der Waals surface area contributed by atoms with Crippen LogP contribution in [0.3, 0.4) is 0 Å². The van der Waals surface area contributed by atoms with E-state index in [-0.39, 0.29) is 24.1 Å². The molecule has 0 fully saturated rings. The number of amides is 1. The number of para-hydroxylation sites is 1. The number of hydrogen-bond donors (Lipinski definition) is 0. The van der Waals surface area contributed by atoms with E-state index in [1.165, 1.54) is 19.3 Å². The van der Waals surface area contributed by atoms with Gasteiger partial charge in [0.25, 0.3) is 5.91 Å². The van der Waals surface area contributed by atoms with E-state index in [9.17, 15) is 9.59 Å². The number of benzene rings is 1. The highest BCUT2D eigenvalue weighted by molar-refractivity contribution is 5.98. The molecular formula is C23H28N2O5. The Hall–Kier alpha value is -2.64. The zero-order valence-electron chi connectivity index (χ0n) is 17.8. The van der Waals surface area contributed by atoms with Crippen LogP contribution < -0.4 is 5.06 Å². The summed E-state index contributed by atoms with van der Waals surface area (Å²) < 4.78 is 12.3. The molecule has 2 aromatic rings. The summed E-state index contributed by atoms with van der Waals surface area (Å²) in [4.78, 5) is 31.5. The van der Waals surface area contributed by atoms with Gasteiger partial charge in [-0.15, -0.1) is 0 Å². The van der Waals surface area contributed by atoms with Gasteiger partial charge in [-0.05, 0) is 37.8 Å². The number of methoxy groups -OCH3 is 2. The first-order valence-electron chi connectivity index (χ1n) is 10.4. The predicted molar refractivity (Wildman–Crippen MR) is 112 cm³/mol. The second-order valence-electron chi connectivity index (χ2n) is 7.91. The van der Waals surface area contributed by atoms with Gasteiger partial charge in [0, 0.05) is 42.3 Å². The van der Waals surface area contributed by atoms with Gasteiger partial charge >= 0.3 is 5.97 Å². The van der Waals surface area contributed by atoms with Gasteiger partial charge in [0.05, 0.1) is 12.8 Å². The van der Waals surface area contributed by atoms with Crippen molar-refractivity contribution in [2.24, 2.45) is 0 Å². The molecule has 7 nitrogen and oxygen atoms in total. The fraction of sp³-hybridized carbons (Fsp3) is 0.478. The molecule has 0 bridgehead atoms. The molecule has 0 saturated carbocycles. The maximum atomic E-state index is 13.2. The lowest BCUT2D eigenvalue weighted by molar-refractivity contribution is -0.132. The highest BCUT2D eigenvalue weighted by Crippen LogP contribution is 2.49. The molecular weight excluding hydrogens is 384 g/mol. The molecule has 7 heteroatoms. The standard InChI is InChI=1S/C23H28N2O5/c1-4-23-11-7-13-24-19(22(27)29-3)14-17(21(23)24)16-8-5-6-9-18(16)25(30-15-28-2)20(26)10-12-23/h5-6,8-9,14H,4,7,10-13,15H2,1-3H3/t23-/m1/s1. The fourth-order valence-electron chi connectivity index (χ4n) is 5.00. The van der Waals surface area contributed by atoms with Crippen molar-refractivity contribution >= 4 is 17.6 Å². The molecule has 3 heterocycles. The zero-order valence-corrected chi connectivity index (χ0v) is 17.8. The molecule has 160 valence electrons. The Morgan fingerprint density at radius 2 is 1.97 bits per heavy atom. The van der Waals surface area contributed by atoms with Gasteiger partial charge in [-0.2, -0.15) is 5.06 Å². The number of carbonyl (C=O) groups excluding carboxylic acids is 2. The monoisotopic (exact) mass is 412 g/mol. The number of hydrogen-bond acceptors (Lipinski definition) is 5. The number of anilines is 1. The number of aromatic nitrogens is 1. The molecule has 0 saturated heterocycles. The Labute approximate surface area is 176 Å². The molecule has 0 unspecified atom stereocenters. The lowest BCUT2D eigenvalue weighted by Gasteiger charge is -2.39. The van der Waals surface area contributed by atoms with Crippen LogP contribution in [0.1, 0.15) is 55.2 Å². The minimum atomic E-state index is -0.340. The van der Waals surface area contributed by atoms with Crippen LogP contribution in [0.2, 0.25) is 0 Å². The average molecular weight is 412 g/mol. The van der Waals surface area contributed by atoms with Crippen LogP contribution in [0.4, 0.5) is 5.69 Å². The maximum Gasteiger partial charge on any atom is 0.354 e. The van der Waals surface area contributed by atoms with E-state index in [0.717, 1.165) is 42.6 Å². The average Bonchev–Trinajstić information content (AvgIpc) is 3.19. The van der Waals surface area contributed by atoms with Crippen molar-refractivity contribution < 1.29 is 23.9 Å². The van der Waals surface area contributed by atoms with Gasteiger partial charge < -0.3 is 14.0 Å². The molecule has 1 aromatic carbocycles. The molecule has 1 atom stereocenters. The van der Waals surface area contributed by atoms with E-state index in [2.05, 4.69) is 11.5 Å². The first-order valence-corrected chi connectivity index (χ1v) is 10.4. The van der Waals surface area contributed by atoms with Crippen LogP contribution in [-0.4, -0.2) is 37.5 Å². The van der Waals surface area contributed by atoms with E-state index in [1.807, 2.05) is 30.3 Å². The van der Waals surface area contributed by atoms with Crippen LogP contribution in [-0.2, 0) is 31.1 Å². The van der Waals surface area contributed by atoms with Crippen molar-refractivity contribution in [3.8, 4) is 11.1 Å². The molecule has 0 aliphatic carbocycles. The SMILES string of the molecule is CC[C@]12CCCn3c(C(=O)OC)cc(c31)-c1ccccc1N(OCOC)C(=O)CC2. The van der Waals surface area contributed by atoms with E-state index < -0.39 is 0 Å². The first kappa shape index (κ1) is 20.6. The molecule has 2 aliphatic heterocycles. The number of esters is 1. The summed E-state index contributed by atoms with van der Waals surface area (Å²) in [6.07, 6.45) is 3.87. The van der Waals surface area contributed by atoms with Gasteiger partial charge in [0.15, 0.2) is 6.79 Å². The van der Waals surface area contributed by atoms with E-state index in [1.54, 1.807) is 0 Å². The van der Waals surface area contributed by atoms with E-state index in [0.29, 0.717) is 24.2 Å². The predicted octanol–water partition coefficient (Wildman–Crippen LogP) is 4.05. The zero-order chi connectivity index (χ0) is 21.3. The molecule has 0 N–H and O–H groups in total. The first-order chi connectivity index (χ1) is 14.6. The van der Waals surface area contributed by atoms with Crippen molar-refractivity contribution in [2.45, 2.75) is 51.0 Å². The molecule has 2 aliphatic rings. The van der Waals surface area contributed by atoms with Crippen LogP contribution in [0.5, 0.6) is 0 Å². The van der Waals surface area contributed by atoms with Gasteiger partial charge in [-0.1, -0.05) is 25.1 Å². The summed E-state index contributed by atoms with van der Waals surface area (Å²) in [7, 11) is 2.94. The van der Waals surface area contributed by atoms with Crippen LogP contribution in [0.25, 0.3) is 11.1 Å². The third-order valence-corrected chi connectivity index (χ3v) is 6.46. The molecule has 4 rings (SSSR count). The fourth-order valence-corrected chi connectivity index (χ4v) is 5.00. The largest absolute Gasteiger partial charge is 0.464 e. The summed E-state index contributed by atoms with van der Waals surface area (Å²) in [5.41, 5.74) is 3.99. The van der Waals surface area contributed by atoms with Crippen molar-refractivity contribution in [2.75, 3.05) is 26.1 Å². The van der Waals surface area contributed by atoms with Gasteiger partial charge in [0.2, 0.25) is 0 Å². The van der Waals surface area contributed by atoms with Crippen molar-refractivity contribution in [1.29, 1.82) is 0 Å². The van der Waals surface area contributed by atoms with Crippen LogP contribution >= 0.6 is 0 Å². The number of carbonyl (C=O) groups is 2. The van der Waals surface area contributed by atoms with Gasteiger partial charge in [-0.25, -0.2) is 9.63 Å². The topological polar surface area (TPSA) is 70.0 Å². The van der Waals surface area contributed by atoms with Crippen molar-refractivity contribution in [1.82, 2.24) is 4.57 Å². The Kier molecular flexibility index (Phi) is 5.66. The highest BCUT2D eigenvalue weighted by atomic mass is 16.8. The van der Waals surface area contributed by atoms with Crippen molar-refractivity contribution in [3.05, 3.63) is 41.7 Å². The summed E-state index contributed by atoms with van der Waals surface area (Å²) in [5, 5.41) is 1.35. The second-order valence-corrected chi connectivity index (χ2v) is 7.91. The van der Waals surface area contributed by atoms with Gasteiger partial charge in [-0.3, -0.25) is 4.79 Å². The number of hydroxylamine groups is 1.